The van der Waals surface area contributed by atoms with Crippen molar-refractivity contribution in [3.05, 3.63) is 0 Å². The van der Waals surface area contributed by atoms with E-state index in [0.29, 0.717) is 6.10 Å². The van der Waals surface area contributed by atoms with E-state index in [1.54, 1.807) is 6.66 Å². The van der Waals surface area contributed by atoms with Gasteiger partial charge in [-0.3, -0.25) is 4.57 Å². The van der Waals surface area contributed by atoms with Crippen LogP contribution in [0.25, 0.3) is 0 Å². The predicted octanol–water partition coefficient (Wildman–Crippen LogP) is 2.44. The molecule has 1 unspecified atom stereocenters. The molecular weight excluding hydrogens is 147 g/mol. The molecule has 3 heteroatoms. The first-order chi connectivity index (χ1) is 4.79. The van der Waals surface area contributed by atoms with E-state index in [2.05, 4.69) is 0 Å². The van der Waals surface area contributed by atoms with Gasteiger partial charge in [-0.05, 0) is 12.8 Å². The second-order valence-electron chi connectivity index (χ2n) is 2.87. The smallest absolute Gasteiger partial charge is 0.188 e. The summed E-state index contributed by atoms with van der Waals surface area (Å²) in [7, 11) is -1.68. The van der Waals surface area contributed by atoms with Crippen molar-refractivity contribution in [1.82, 2.24) is 0 Å². The van der Waals surface area contributed by atoms with Gasteiger partial charge in [0, 0.05) is 6.66 Å². The summed E-state index contributed by atoms with van der Waals surface area (Å²) >= 11 is 0. The van der Waals surface area contributed by atoms with E-state index in [-0.39, 0.29) is 0 Å². The molecule has 0 aromatic carbocycles. The molecule has 60 valence electrons. The van der Waals surface area contributed by atoms with Gasteiger partial charge in [-0.1, -0.05) is 19.3 Å². The lowest BCUT2D eigenvalue weighted by atomic mass is 9.98. The Labute approximate surface area is 62.8 Å². The van der Waals surface area contributed by atoms with Crippen molar-refractivity contribution < 1.29 is 9.09 Å². The third-order valence-corrected chi connectivity index (χ3v) is 2.55. The van der Waals surface area contributed by atoms with E-state index in [0.717, 1.165) is 12.8 Å². The van der Waals surface area contributed by atoms with Gasteiger partial charge in [0.1, 0.15) is 0 Å². The highest BCUT2D eigenvalue weighted by Crippen LogP contribution is 2.28. The molecule has 2 nitrogen and oxygen atoms in total. The van der Waals surface area contributed by atoms with Gasteiger partial charge >= 0.3 is 0 Å². The van der Waals surface area contributed by atoms with Gasteiger partial charge in [-0.2, -0.15) is 0 Å². The maximum atomic E-state index is 10.7. The second kappa shape index (κ2) is 4.15. The molecule has 1 atom stereocenters. The summed E-state index contributed by atoms with van der Waals surface area (Å²) < 4.78 is 15.9. The topological polar surface area (TPSA) is 26.3 Å². The normalized spacial score (nSPS) is 24.5. The molecule has 1 saturated carbocycles. The van der Waals surface area contributed by atoms with Crippen LogP contribution in [0.1, 0.15) is 32.1 Å². The second-order valence-corrected chi connectivity index (χ2v) is 4.09. The molecule has 0 saturated heterocycles. The fraction of sp³-hybridized carbons (Fsp3) is 1.00. The molecule has 1 aliphatic rings. The molecule has 0 heterocycles. The van der Waals surface area contributed by atoms with Crippen LogP contribution < -0.4 is 0 Å². The molecule has 1 fully saturated rings. The van der Waals surface area contributed by atoms with Crippen molar-refractivity contribution in [2.75, 3.05) is 6.66 Å². The Morgan fingerprint density at radius 3 is 2.40 bits per heavy atom. The molecule has 0 N–H and O–H groups in total. The van der Waals surface area contributed by atoms with Gasteiger partial charge < -0.3 is 4.52 Å². The first kappa shape index (κ1) is 8.29. The van der Waals surface area contributed by atoms with Crippen LogP contribution in [0.2, 0.25) is 0 Å². The quantitative estimate of drug-likeness (QED) is 0.583. The molecule has 0 spiro atoms. The minimum absolute atomic E-state index is 0.310. The fourth-order valence-electron chi connectivity index (χ4n) is 1.42. The maximum absolute atomic E-state index is 10.7. The van der Waals surface area contributed by atoms with Gasteiger partial charge in [-0.25, -0.2) is 0 Å². The van der Waals surface area contributed by atoms with Crippen LogP contribution >= 0.6 is 8.03 Å². The highest BCUT2D eigenvalue weighted by atomic mass is 31.1. The number of hydrogen-bond donors (Lipinski definition) is 0. The van der Waals surface area contributed by atoms with Crippen molar-refractivity contribution in [3.8, 4) is 0 Å². The lowest BCUT2D eigenvalue weighted by Crippen LogP contribution is -2.12. The number of rotatable bonds is 2. The highest BCUT2D eigenvalue weighted by molar-refractivity contribution is 7.38. The van der Waals surface area contributed by atoms with Crippen LogP contribution in [0.15, 0.2) is 0 Å². The molecule has 0 aromatic heterocycles. The molecule has 0 aromatic rings. The van der Waals surface area contributed by atoms with Crippen molar-refractivity contribution in [2.45, 2.75) is 38.2 Å². The zero-order valence-corrected chi connectivity index (χ0v) is 7.43. The summed E-state index contributed by atoms with van der Waals surface area (Å²) in [5.41, 5.74) is 0. The Kier molecular flexibility index (Phi) is 3.44. The maximum Gasteiger partial charge on any atom is 0.188 e. The Balaban J connectivity index is 2.19. The highest BCUT2D eigenvalue weighted by Gasteiger charge is 2.14. The molecule has 1 rings (SSSR count). The van der Waals surface area contributed by atoms with Crippen LogP contribution in [-0.4, -0.2) is 12.8 Å². The third-order valence-electron chi connectivity index (χ3n) is 1.88. The van der Waals surface area contributed by atoms with Gasteiger partial charge in [0.25, 0.3) is 0 Å². The summed E-state index contributed by atoms with van der Waals surface area (Å²) in [6.07, 6.45) is 6.36. The Morgan fingerprint density at radius 1 is 1.30 bits per heavy atom. The van der Waals surface area contributed by atoms with Gasteiger partial charge in [0.15, 0.2) is 8.03 Å². The van der Waals surface area contributed by atoms with E-state index in [9.17, 15) is 4.57 Å². The van der Waals surface area contributed by atoms with E-state index in [1.807, 2.05) is 0 Å². The van der Waals surface area contributed by atoms with Crippen LogP contribution in [0, 0.1) is 0 Å². The summed E-state index contributed by atoms with van der Waals surface area (Å²) in [4.78, 5) is 0. The van der Waals surface area contributed by atoms with Crippen molar-refractivity contribution in [2.24, 2.45) is 0 Å². The molecular formula is C7H15O2P. The standard InChI is InChI=1S/C7H15O2P/c1-10(8)9-7-5-3-2-4-6-7/h7,10H,2-6H2,1H3. The van der Waals surface area contributed by atoms with Gasteiger partial charge in [0.2, 0.25) is 0 Å². The molecule has 0 bridgehead atoms. The van der Waals surface area contributed by atoms with E-state index >= 15 is 0 Å². The molecule has 0 aliphatic heterocycles. The van der Waals surface area contributed by atoms with Crippen molar-refractivity contribution >= 4 is 8.03 Å². The Hall–Kier alpha value is 0.190. The Bertz CT molecular complexity index is 119. The molecule has 1 aliphatic carbocycles. The largest absolute Gasteiger partial charge is 0.327 e. The Morgan fingerprint density at radius 2 is 1.90 bits per heavy atom. The third kappa shape index (κ3) is 2.85. The fourth-order valence-corrected chi connectivity index (χ4v) is 2.12. The average Bonchev–Trinajstić information content (AvgIpc) is 1.88. The average molecular weight is 162 g/mol. The first-order valence-electron chi connectivity index (χ1n) is 3.96. The van der Waals surface area contributed by atoms with Crippen LogP contribution in [0.3, 0.4) is 0 Å². The van der Waals surface area contributed by atoms with E-state index in [1.165, 1.54) is 19.3 Å². The van der Waals surface area contributed by atoms with Crippen molar-refractivity contribution in [1.29, 1.82) is 0 Å². The van der Waals surface area contributed by atoms with Crippen LogP contribution in [0.4, 0.5) is 0 Å². The minimum atomic E-state index is -1.68. The summed E-state index contributed by atoms with van der Waals surface area (Å²) in [5, 5.41) is 0. The summed E-state index contributed by atoms with van der Waals surface area (Å²) in [6, 6.07) is 0. The zero-order chi connectivity index (χ0) is 7.40. The van der Waals surface area contributed by atoms with Gasteiger partial charge in [-0.15, -0.1) is 0 Å². The molecule has 10 heavy (non-hydrogen) atoms. The van der Waals surface area contributed by atoms with E-state index < -0.39 is 8.03 Å². The minimum Gasteiger partial charge on any atom is -0.327 e. The lowest BCUT2D eigenvalue weighted by molar-refractivity contribution is 0.167. The SMILES string of the molecule is C[PH](=O)OC1CCCCC1. The zero-order valence-electron chi connectivity index (χ0n) is 6.43. The first-order valence-corrected chi connectivity index (χ1v) is 5.78. The summed E-state index contributed by atoms with van der Waals surface area (Å²) in [6.45, 7) is 1.67. The van der Waals surface area contributed by atoms with Gasteiger partial charge in [0.05, 0.1) is 6.10 Å². The number of hydrogen-bond acceptors (Lipinski definition) is 2. The predicted molar refractivity (Wildman–Crippen MR) is 42.9 cm³/mol. The monoisotopic (exact) mass is 162 g/mol. The van der Waals surface area contributed by atoms with Crippen LogP contribution in [-0.2, 0) is 9.09 Å². The van der Waals surface area contributed by atoms with Crippen LogP contribution in [0.5, 0.6) is 0 Å². The summed E-state index contributed by atoms with van der Waals surface area (Å²) in [5.74, 6) is 0. The van der Waals surface area contributed by atoms with E-state index in [4.69, 9.17) is 4.52 Å². The molecule has 0 radical (unpaired) electrons. The van der Waals surface area contributed by atoms with Crippen molar-refractivity contribution in [3.63, 3.8) is 0 Å². The lowest BCUT2D eigenvalue weighted by Gasteiger charge is -2.20. The molecule has 0 amide bonds.